The molecule has 0 fully saturated rings. The molecule has 0 aliphatic heterocycles. The topological polar surface area (TPSA) is 68.1 Å². The minimum atomic E-state index is -0.334. The van der Waals surface area contributed by atoms with E-state index >= 15 is 0 Å². The maximum absolute atomic E-state index is 11.3. The summed E-state index contributed by atoms with van der Waals surface area (Å²) in [6, 6.07) is 3.40. The average Bonchev–Trinajstić information content (AvgIpc) is 2.66. The fourth-order valence-electron chi connectivity index (χ4n) is 2.38. The van der Waals surface area contributed by atoms with E-state index in [0.717, 1.165) is 28.1 Å². The Morgan fingerprint density at radius 3 is 2.75 bits per heavy atom. The lowest BCUT2D eigenvalue weighted by Crippen LogP contribution is -2.30. The molecule has 0 aliphatic rings. The van der Waals surface area contributed by atoms with Gasteiger partial charge in [-0.1, -0.05) is 13.3 Å². The zero-order chi connectivity index (χ0) is 14.9. The lowest BCUT2D eigenvalue weighted by atomic mass is 9.98. The van der Waals surface area contributed by atoms with Gasteiger partial charge in [0.1, 0.15) is 5.69 Å². The Labute approximate surface area is 122 Å². The summed E-state index contributed by atoms with van der Waals surface area (Å²) in [5.41, 5.74) is 1.29. The van der Waals surface area contributed by atoms with Crippen LogP contribution >= 0.6 is 11.3 Å². The van der Waals surface area contributed by atoms with Gasteiger partial charge in [0.15, 0.2) is 0 Å². The number of hydrogen-bond donors (Lipinski definition) is 1. The van der Waals surface area contributed by atoms with Gasteiger partial charge in [-0.15, -0.1) is 11.3 Å². The predicted molar refractivity (Wildman–Crippen MR) is 83.6 cm³/mol. The van der Waals surface area contributed by atoms with Gasteiger partial charge < -0.3 is 5.32 Å². The smallest absolute Gasteiger partial charge is 0.293 e. The molecule has 1 aromatic carbocycles. The van der Waals surface area contributed by atoms with E-state index in [0.29, 0.717) is 5.69 Å². The Hall–Kier alpha value is -1.69. The van der Waals surface area contributed by atoms with Gasteiger partial charge in [-0.2, -0.15) is 0 Å². The molecule has 0 unspecified atom stereocenters. The van der Waals surface area contributed by atoms with E-state index in [1.807, 2.05) is 6.92 Å². The van der Waals surface area contributed by atoms with Crippen LogP contribution in [0.4, 0.5) is 11.4 Å². The van der Waals surface area contributed by atoms with Crippen LogP contribution in [0.25, 0.3) is 10.2 Å². The summed E-state index contributed by atoms with van der Waals surface area (Å²) in [6.07, 6.45) is 1.96. The van der Waals surface area contributed by atoms with Crippen LogP contribution in [0, 0.1) is 17.0 Å². The highest BCUT2D eigenvalue weighted by atomic mass is 32.1. The van der Waals surface area contributed by atoms with Crippen LogP contribution in [0.3, 0.4) is 0 Å². The van der Waals surface area contributed by atoms with Gasteiger partial charge in [0.2, 0.25) is 0 Å². The molecule has 1 aromatic heterocycles. The molecule has 20 heavy (non-hydrogen) atoms. The summed E-state index contributed by atoms with van der Waals surface area (Å²) < 4.78 is 0.855. The molecule has 0 spiro atoms. The zero-order valence-corrected chi connectivity index (χ0v) is 13.0. The molecular weight excluding hydrogens is 274 g/mol. The molecule has 0 amide bonds. The third-order valence-electron chi connectivity index (χ3n) is 3.16. The van der Waals surface area contributed by atoms with Crippen molar-refractivity contribution in [2.75, 3.05) is 5.32 Å². The van der Waals surface area contributed by atoms with E-state index in [1.165, 1.54) is 11.3 Å². The maximum atomic E-state index is 11.3. The second kappa shape index (κ2) is 5.36. The maximum Gasteiger partial charge on any atom is 0.293 e. The lowest BCUT2D eigenvalue weighted by Gasteiger charge is -2.26. The Kier molecular flexibility index (Phi) is 3.94. The first kappa shape index (κ1) is 14.7. The summed E-state index contributed by atoms with van der Waals surface area (Å²) in [5.74, 6) is 0. The second-order valence-electron chi connectivity index (χ2n) is 5.59. The van der Waals surface area contributed by atoms with E-state index in [4.69, 9.17) is 0 Å². The number of thiazole rings is 1. The molecule has 0 radical (unpaired) electrons. The van der Waals surface area contributed by atoms with Gasteiger partial charge in [0.25, 0.3) is 5.69 Å². The molecule has 0 saturated carbocycles. The van der Waals surface area contributed by atoms with Gasteiger partial charge in [-0.3, -0.25) is 10.1 Å². The van der Waals surface area contributed by atoms with Crippen molar-refractivity contribution in [1.82, 2.24) is 4.98 Å². The van der Waals surface area contributed by atoms with E-state index in [9.17, 15) is 10.1 Å². The molecule has 0 aliphatic carbocycles. The SMILES string of the molecule is CCCC(C)(C)Nc1cc2nc(C)sc2cc1[N+](=O)[O-]. The van der Waals surface area contributed by atoms with Crippen molar-refractivity contribution >= 4 is 32.9 Å². The highest BCUT2D eigenvalue weighted by Crippen LogP contribution is 2.35. The summed E-state index contributed by atoms with van der Waals surface area (Å²) in [4.78, 5) is 15.3. The Balaban J connectivity index is 2.49. The van der Waals surface area contributed by atoms with Crippen molar-refractivity contribution in [2.24, 2.45) is 0 Å². The molecule has 2 rings (SSSR count). The van der Waals surface area contributed by atoms with Crippen LogP contribution < -0.4 is 5.32 Å². The second-order valence-corrected chi connectivity index (χ2v) is 6.82. The van der Waals surface area contributed by atoms with Crippen LogP contribution in [0.1, 0.15) is 38.6 Å². The third kappa shape index (κ3) is 3.07. The first-order chi connectivity index (χ1) is 9.32. The van der Waals surface area contributed by atoms with Crippen molar-refractivity contribution in [3.8, 4) is 0 Å². The Morgan fingerprint density at radius 1 is 1.45 bits per heavy atom. The normalized spacial score (nSPS) is 11.8. The first-order valence-electron chi connectivity index (χ1n) is 6.66. The highest BCUT2D eigenvalue weighted by Gasteiger charge is 2.23. The van der Waals surface area contributed by atoms with Gasteiger partial charge in [-0.25, -0.2) is 4.98 Å². The summed E-state index contributed by atoms with van der Waals surface area (Å²) >= 11 is 1.48. The summed E-state index contributed by atoms with van der Waals surface area (Å²) in [5, 5.41) is 15.5. The number of aromatic nitrogens is 1. The molecule has 1 N–H and O–H groups in total. The number of nitro benzene ring substituents is 1. The monoisotopic (exact) mass is 293 g/mol. The number of benzene rings is 1. The fourth-order valence-corrected chi connectivity index (χ4v) is 3.22. The Morgan fingerprint density at radius 2 is 2.15 bits per heavy atom. The zero-order valence-electron chi connectivity index (χ0n) is 12.2. The average molecular weight is 293 g/mol. The molecule has 6 heteroatoms. The number of fused-ring (bicyclic) bond motifs is 1. The lowest BCUT2D eigenvalue weighted by molar-refractivity contribution is -0.383. The van der Waals surface area contributed by atoms with Crippen molar-refractivity contribution in [3.05, 3.63) is 27.3 Å². The minimum Gasteiger partial charge on any atom is -0.375 e. The van der Waals surface area contributed by atoms with E-state index < -0.39 is 0 Å². The quantitative estimate of drug-likeness (QED) is 0.651. The van der Waals surface area contributed by atoms with Crippen molar-refractivity contribution in [1.29, 1.82) is 0 Å². The van der Waals surface area contributed by atoms with Crippen LogP contribution in [-0.2, 0) is 0 Å². The molecule has 0 saturated heterocycles. The van der Waals surface area contributed by atoms with Gasteiger partial charge in [-0.05, 0) is 33.3 Å². The van der Waals surface area contributed by atoms with Gasteiger partial charge >= 0.3 is 0 Å². The Bertz CT molecular complexity index is 649. The molecule has 2 aromatic rings. The van der Waals surface area contributed by atoms with Gasteiger partial charge in [0, 0.05) is 11.6 Å². The minimum absolute atomic E-state index is 0.116. The fraction of sp³-hybridized carbons (Fsp3) is 0.500. The first-order valence-corrected chi connectivity index (χ1v) is 7.48. The van der Waals surface area contributed by atoms with Crippen LogP contribution in [0.5, 0.6) is 0 Å². The molecule has 0 bridgehead atoms. The molecule has 5 nitrogen and oxygen atoms in total. The number of hydrogen-bond acceptors (Lipinski definition) is 5. The number of anilines is 1. The van der Waals surface area contributed by atoms with Crippen molar-refractivity contribution < 1.29 is 4.92 Å². The van der Waals surface area contributed by atoms with Crippen molar-refractivity contribution in [2.45, 2.75) is 46.1 Å². The van der Waals surface area contributed by atoms with E-state index in [2.05, 4.69) is 31.1 Å². The number of aryl methyl sites for hydroxylation is 1. The van der Waals surface area contributed by atoms with Crippen LogP contribution in [0.15, 0.2) is 12.1 Å². The number of nitrogens with one attached hydrogen (secondary N) is 1. The molecule has 0 atom stereocenters. The number of nitro groups is 1. The van der Waals surface area contributed by atoms with Gasteiger partial charge in [0.05, 0.1) is 20.1 Å². The van der Waals surface area contributed by atoms with Crippen LogP contribution in [0.2, 0.25) is 0 Å². The van der Waals surface area contributed by atoms with E-state index in [-0.39, 0.29) is 16.1 Å². The number of nitrogens with zero attached hydrogens (tertiary/aromatic N) is 2. The van der Waals surface area contributed by atoms with E-state index in [1.54, 1.807) is 12.1 Å². The van der Waals surface area contributed by atoms with Crippen LogP contribution in [-0.4, -0.2) is 15.4 Å². The highest BCUT2D eigenvalue weighted by molar-refractivity contribution is 7.18. The van der Waals surface area contributed by atoms with Crippen molar-refractivity contribution in [3.63, 3.8) is 0 Å². The third-order valence-corrected chi connectivity index (χ3v) is 4.09. The molecule has 108 valence electrons. The predicted octanol–water partition coefficient (Wildman–Crippen LogP) is 4.50. The largest absolute Gasteiger partial charge is 0.375 e. The summed E-state index contributed by atoms with van der Waals surface area (Å²) in [6.45, 7) is 8.11. The molecular formula is C14H19N3O2S. The number of rotatable bonds is 5. The standard InChI is InChI=1S/C14H19N3O2S/c1-5-6-14(3,4)16-10-7-11-13(20-9(2)15-11)8-12(10)17(18)19/h7-8,16H,5-6H2,1-4H3. The molecule has 1 heterocycles. The summed E-state index contributed by atoms with van der Waals surface area (Å²) in [7, 11) is 0.